The van der Waals surface area contributed by atoms with E-state index in [2.05, 4.69) is 58.0 Å². The molecule has 0 aromatic heterocycles. The van der Waals surface area contributed by atoms with Gasteiger partial charge in [0.25, 0.3) is 0 Å². The van der Waals surface area contributed by atoms with Gasteiger partial charge in [-0.25, -0.2) is 4.79 Å². The molecule has 2 N–H and O–H groups in total. The molecular weight excluding hydrogens is 378 g/mol. The third kappa shape index (κ3) is 4.83. The number of carbonyl (C=O) groups is 1. The normalized spacial score (nSPS) is 12.7. The van der Waals surface area contributed by atoms with E-state index in [1.165, 1.54) is 4.31 Å². The highest BCUT2D eigenvalue weighted by Crippen LogP contribution is 2.08. The number of nitrogens with two attached hydrogens (primary N) is 1. The van der Waals surface area contributed by atoms with Crippen LogP contribution in [0.3, 0.4) is 0 Å². The molecule has 0 bridgehead atoms. The summed E-state index contributed by atoms with van der Waals surface area (Å²) in [6.45, 7) is 0.599. The van der Waals surface area contributed by atoms with Crippen molar-refractivity contribution in [2.45, 2.75) is 3.92 Å². The van der Waals surface area contributed by atoms with E-state index in [1.54, 1.807) is 0 Å². The van der Waals surface area contributed by atoms with E-state index in [4.69, 9.17) is 5.73 Å². The lowest BCUT2D eigenvalue weighted by Crippen LogP contribution is -2.32. The lowest BCUT2D eigenvalue weighted by molar-refractivity contribution is 0.236. The van der Waals surface area contributed by atoms with Gasteiger partial charge in [0.2, 0.25) is 0 Å². The summed E-state index contributed by atoms with van der Waals surface area (Å²) in [6, 6.07) is -0.491. The number of hydrogen-bond donors (Lipinski definition) is 2. The molecule has 0 aromatic rings. The number of amides is 2. The first-order valence-corrected chi connectivity index (χ1v) is 5.71. The molecular formula is C4H8I2N2OS. The fourth-order valence-electron chi connectivity index (χ4n) is 0.326. The van der Waals surface area contributed by atoms with Crippen molar-refractivity contribution >= 4 is 64.0 Å². The monoisotopic (exact) mass is 386 g/mol. The van der Waals surface area contributed by atoms with Crippen LogP contribution in [-0.4, -0.2) is 25.2 Å². The standard InChI is InChI=1S/C4H8I2N2OS/c5-1-3(6)2-8(10)4(7)9/h3,10H,1-2H2,(H2,7,9). The molecule has 0 saturated carbocycles. The highest BCUT2D eigenvalue weighted by molar-refractivity contribution is 14.1. The summed E-state index contributed by atoms with van der Waals surface area (Å²) >= 11 is 8.37. The van der Waals surface area contributed by atoms with E-state index >= 15 is 0 Å². The first kappa shape index (κ1) is 11.1. The minimum absolute atomic E-state index is 0.420. The van der Waals surface area contributed by atoms with E-state index in [-0.39, 0.29) is 0 Å². The number of nitrogens with zero attached hydrogens (tertiary/aromatic N) is 1. The third-order valence-electron chi connectivity index (χ3n) is 0.793. The van der Waals surface area contributed by atoms with E-state index in [1.807, 2.05) is 0 Å². The molecule has 3 nitrogen and oxygen atoms in total. The minimum Gasteiger partial charge on any atom is -0.351 e. The van der Waals surface area contributed by atoms with Gasteiger partial charge in [0.15, 0.2) is 0 Å². The Morgan fingerprint density at radius 3 is 2.60 bits per heavy atom. The summed E-state index contributed by atoms with van der Waals surface area (Å²) in [5.74, 6) is 0. The van der Waals surface area contributed by atoms with Crippen LogP contribution < -0.4 is 5.73 Å². The zero-order valence-corrected chi connectivity index (χ0v) is 10.3. The molecule has 0 aliphatic rings. The van der Waals surface area contributed by atoms with Crippen molar-refractivity contribution in [1.29, 1.82) is 0 Å². The fourth-order valence-corrected chi connectivity index (χ4v) is 1.51. The van der Waals surface area contributed by atoms with Gasteiger partial charge in [-0.3, -0.25) is 4.31 Å². The summed E-state index contributed by atoms with van der Waals surface area (Å²) < 4.78 is 2.63. The number of alkyl halides is 2. The second-order valence-corrected chi connectivity index (χ2v) is 4.80. The zero-order valence-electron chi connectivity index (χ0n) is 5.13. The average Bonchev–Trinajstić information content (AvgIpc) is 1.87. The van der Waals surface area contributed by atoms with Gasteiger partial charge in [0.1, 0.15) is 0 Å². The predicted octanol–water partition coefficient (Wildman–Crippen LogP) is 1.45. The van der Waals surface area contributed by atoms with Gasteiger partial charge in [-0.05, 0) is 0 Å². The van der Waals surface area contributed by atoms with Gasteiger partial charge >= 0.3 is 6.03 Å². The number of rotatable bonds is 3. The Morgan fingerprint density at radius 2 is 2.30 bits per heavy atom. The Hall–Kier alpha value is 1.08. The molecule has 6 heteroatoms. The zero-order chi connectivity index (χ0) is 8.15. The number of urea groups is 1. The van der Waals surface area contributed by atoms with Crippen LogP contribution in [0.15, 0.2) is 0 Å². The molecule has 1 unspecified atom stereocenters. The Morgan fingerprint density at radius 1 is 1.80 bits per heavy atom. The summed E-state index contributed by atoms with van der Waals surface area (Å²) in [5.41, 5.74) is 4.94. The maximum absolute atomic E-state index is 10.4. The third-order valence-corrected chi connectivity index (χ3v) is 4.74. The van der Waals surface area contributed by atoms with Crippen LogP contribution in [0.4, 0.5) is 4.79 Å². The largest absolute Gasteiger partial charge is 0.351 e. The van der Waals surface area contributed by atoms with E-state index in [9.17, 15) is 4.79 Å². The smallest absolute Gasteiger partial charge is 0.324 e. The predicted molar refractivity (Wildman–Crippen MR) is 62.0 cm³/mol. The van der Waals surface area contributed by atoms with Crippen molar-refractivity contribution in [3.63, 3.8) is 0 Å². The Kier molecular flexibility index (Phi) is 6.31. The Labute approximate surface area is 92.9 Å². The maximum atomic E-state index is 10.4. The van der Waals surface area contributed by atoms with Crippen LogP contribution in [0.2, 0.25) is 0 Å². The van der Waals surface area contributed by atoms with Crippen molar-refractivity contribution in [2.24, 2.45) is 5.73 Å². The number of primary amides is 1. The number of thiol groups is 1. The fraction of sp³-hybridized carbons (Fsp3) is 0.750. The van der Waals surface area contributed by atoms with E-state index in [0.717, 1.165) is 4.43 Å². The van der Waals surface area contributed by atoms with Gasteiger partial charge in [0, 0.05) is 14.9 Å². The van der Waals surface area contributed by atoms with Gasteiger partial charge in [-0.2, -0.15) is 0 Å². The van der Waals surface area contributed by atoms with Gasteiger partial charge in [0.05, 0.1) is 0 Å². The lowest BCUT2D eigenvalue weighted by atomic mass is 10.5. The summed E-state index contributed by atoms with van der Waals surface area (Å²) in [6.07, 6.45) is 0. The second-order valence-electron chi connectivity index (χ2n) is 1.67. The molecule has 0 aliphatic carbocycles. The second kappa shape index (κ2) is 5.70. The first-order valence-electron chi connectivity index (χ1n) is 2.53. The molecule has 1 atom stereocenters. The molecule has 0 aromatic carbocycles. The van der Waals surface area contributed by atoms with Gasteiger partial charge in [-0.1, -0.05) is 58.0 Å². The van der Waals surface area contributed by atoms with Crippen molar-refractivity contribution < 1.29 is 4.79 Å². The first-order chi connectivity index (χ1) is 4.57. The minimum atomic E-state index is -0.491. The van der Waals surface area contributed by atoms with Crippen LogP contribution in [0.1, 0.15) is 0 Å². The molecule has 0 aliphatic heterocycles. The van der Waals surface area contributed by atoms with Gasteiger partial charge in [-0.15, -0.1) is 0 Å². The Balaban J connectivity index is 3.56. The van der Waals surface area contributed by atoms with Crippen LogP contribution in [0, 0.1) is 0 Å². The highest BCUT2D eigenvalue weighted by Gasteiger charge is 2.09. The van der Waals surface area contributed by atoms with Crippen molar-refractivity contribution in [2.75, 3.05) is 11.0 Å². The molecule has 10 heavy (non-hydrogen) atoms. The molecule has 60 valence electrons. The Bertz CT molecular complexity index is 124. The quantitative estimate of drug-likeness (QED) is 0.431. The number of carbonyl (C=O) groups excluding carboxylic acids is 1. The molecule has 0 rings (SSSR count). The highest BCUT2D eigenvalue weighted by atomic mass is 127. The molecule has 0 heterocycles. The molecule has 0 fully saturated rings. The van der Waals surface area contributed by atoms with Crippen LogP contribution in [0.25, 0.3) is 0 Å². The van der Waals surface area contributed by atoms with Crippen LogP contribution in [-0.2, 0) is 0 Å². The van der Waals surface area contributed by atoms with Crippen LogP contribution >= 0.6 is 58.0 Å². The molecule has 0 spiro atoms. The summed E-state index contributed by atoms with van der Waals surface area (Å²) in [7, 11) is 0. The number of hydrogen-bond acceptors (Lipinski definition) is 2. The molecule has 2 amide bonds. The van der Waals surface area contributed by atoms with Crippen molar-refractivity contribution in [3.8, 4) is 0 Å². The van der Waals surface area contributed by atoms with Crippen molar-refractivity contribution in [1.82, 2.24) is 4.31 Å². The summed E-state index contributed by atoms with van der Waals surface area (Å²) in [5, 5.41) is 0. The van der Waals surface area contributed by atoms with E-state index < -0.39 is 6.03 Å². The lowest BCUT2D eigenvalue weighted by Gasteiger charge is -2.14. The topological polar surface area (TPSA) is 46.3 Å². The average molecular weight is 386 g/mol. The van der Waals surface area contributed by atoms with Crippen molar-refractivity contribution in [3.05, 3.63) is 0 Å². The molecule has 0 radical (unpaired) electrons. The number of halogens is 2. The van der Waals surface area contributed by atoms with E-state index in [0.29, 0.717) is 10.5 Å². The maximum Gasteiger partial charge on any atom is 0.324 e. The molecule has 0 saturated heterocycles. The summed E-state index contributed by atoms with van der Waals surface area (Å²) in [4.78, 5) is 10.4. The van der Waals surface area contributed by atoms with Gasteiger partial charge < -0.3 is 5.73 Å². The van der Waals surface area contributed by atoms with Crippen LogP contribution in [0.5, 0.6) is 0 Å². The SMILES string of the molecule is NC(=O)N(S)CC(I)CI.